The number of hydrogen-bond acceptors (Lipinski definition) is 6. The third-order valence-electron chi connectivity index (χ3n) is 7.28. The highest BCUT2D eigenvalue weighted by Crippen LogP contribution is 2.51. The molecular formula is C29H25ClN2O6. The Kier molecular flexibility index (Phi) is 6.54. The fourth-order valence-corrected chi connectivity index (χ4v) is 5.70. The summed E-state index contributed by atoms with van der Waals surface area (Å²) in [5.74, 6) is -4.64. The summed E-state index contributed by atoms with van der Waals surface area (Å²) in [6.45, 7) is 3.10. The van der Waals surface area contributed by atoms with Crippen LogP contribution in [-0.2, 0) is 25.6 Å². The van der Waals surface area contributed by atoms with Crippen molar-refractivity contribution in [3.05, 3.63) is 94.5 Å². The summed E-state index contributed by atoms with van der Waals surface area (Å²) in [5.41, 5.74) is 0.640. The van der Waals surface area contributed by atoms with E-state index < -0.39 is 47.2 Å². The first kappa shape index (κ1) is 25.6. The molecule has 0 spiro atoms. The second-order valence-electron chi connectivity index (χ2n) is 9.67. The lowest BCUT2D eigenvalue weighted by molar-refractivity contribution is -0.148. The van der Waals surface area contributed by atoms with Crippen LogP contribution < -0.4 is 15.0 Å². The van der Waals surface area contributed by atoms with Gasteiger partial charge in [0.1, 0.15) is 11.3 Å². The summed E-state index contributed by atoms with van der Waals surface area (Å²) in [4.78, 5) is 53.3. The Bertz CT molecular complexity index is 1440. The van der Waals surface area contributed by atoms with E-state index in [9.17, 15) is 24.3 Å². The van der Waals surface area contributed by atoms with Gasteiger partial charge in [0, 0.05) is 24.4 Å². The average molecular weight is 533 g/mol. The number of nitrogens with one attached hydrogen (secondary N) is 1. The van der Waals surface area contributed by atoms with Crippen LogP contribution in [0.3, 0.4) is 0 Å². The molecule has 2 fully saturated rings. The SMILES string of the molecule is CC(=O)Oc1ccc(C2NC(Cc3ccccc3)(C(=O)O)C3C(=O)N(c4ccc(C)c(Cl)c4)C(=O)C23)cc1. The normalized spacial score (nSPS) is 24.4. The molecule has 2 N–H and O–H groups in total. The molecule has 2 aliphatic rings. The standard InChI is InChI=1S/C29H25ClN2O6/c1-16-8-11-20(14-22(16)30)32-26(34)23-24(27(32)35)29(28(36)37,15-18-6-4-3-5-7-18)31-25(23)19-9-12-21(13-10-19)38-17(2)33/h3-14,23-25,31H,15H2,1-2H3,(H,36,37). The second-order valence-corrected chi connectivity index (χ2v) is 10.1. The minimum atomic E-state index is -1.75. The molecule has 2 heterocycles. The smallest absolute Gasteiger partial charge is 0.325 e. The molecule has 0 aliphatic carbocycles. The number of amides is 2. The van der Waals surface area contributed by atoms with Crippen molar-refractivity contribution < 1.29 is 29.0 Å². The van der Waals surface area contributed by atoms with Gasteiger partial charge in [-0.3, -0.25) is 24.5 Å². The number of nitrogens with zero attached hydrogens (tertiary/aromatic N) is 1. The minimum absolute atomic E-state index is 0.00607. The maximum Gasteiger partial charge on any atom is 0.325 e. The van der Waals surface area contributed by atoms with E-state index in [4.69, 9.17) is 16.3 Å². The number of fused-ring (bicyclic) bond motifs is 1. The monoisotopic (exact) mass is 532 g/mol. The number of esters is 1. The fraction of sp³-hybridized carbons (Fsp3) is 0.241. The molecule has 2 saturated heterocycles. The summed E-state index contributed by atoms with van der Waals surface area (Å²) in [5, 5.41) is 14.2. The van der Waals surface area contributed by atoms with E-state index in [1.54, 1.807) is 66.7 Å². The third kappa shape index (κ3) is 4.25. The highest BCUT2D eigenvalue weighted by molar-refractivity contribution is 6.32. The summed E-state index contributed by atoms with van der Waals surface area (Å²) in [6, 6.07) is 19.6. The summed E-state index contributed by atoms with van der Waals surface area (Å²) >= 11 is 6.31. The molecular weight excluding hydrogens is 508 g/mol. The summed E-state index contributed by atoms with van der Waals surface area (Å²) in [6.07, 6.45) is -0.00607. The number of carbonyl (C=O) groups excluding carboxylic acids is 3. The largest absolute Gasteiger partial charge is 0.480 e. The van der Waals surface area contributed by atoms with Gasteiger partial charge < -0.3 is 9.84 Å². The van der Waals surface area contributed by atoms with Crippen molar-refractivity contribution in [3.63, 3.8) is 0 Å². The number of carbonyl (C=O) groups is 4. The van der Waals surface area contributed by atoms with Gasteiger partial charge in [-0.15, -0.1) is 0 Å². The van der Waals surface area contributed by atoms with E-state index >= 15 is 0 Å². The lowest BCUT2D eigenvalue weighted by Gasteiger charge is -2.31. The number of halogens is 1. The third-order valence-corrected chi connectivity index (χ3v) is 7.68. The lowest BCUT2D eigenvalue weighted by Crippen LogP contribution is -2.57. The number of carboxylic acids is 1. The van der Waals surface area contributed by atoms with Crippen LogP contribution in [0.25, 0.3) is 0 Å². The first-order valence-electron chi connectivity index (χ1n) is 12.1. The Labute approximate surface area is 224 Å². The molecule has 2 amide bonds. The molecule has 194 valence electrons. The van der Waals surface area contributed by atoms with Crippen molar-refractivity contribution in [1.29, 1.82) is 0 Å². The van der Waals surface area contributed by atoms with Crippen LogP contribution in [0, 0.1) is 18.8 Å². The van der Waals surface area contributed by atoms with Gasteiger partial charge in [0.15, 0.2) is 0 Å². The summed E-state index contributed by atoms with van der Waals surface area (Å²) < 4.78 is 5.12. The van der Waals surface area contributed by atoms with E-state index in [1.807, 2.05) is 13.0 Å². The van der Waals surface area contributed by atoms with Crippen molar-refractivity contribution in [3.8, 4) is 5.75 Å². The maximum atomic E-state index is 14.0. The first-order valence-corrected chi connectivity index (χ1v) is 12.5. The van der Waals surface area contributed by atoms with Crippen molar-refractivity contribution in [2.75, 3.05) is 4.90 Å². The number of benzene rings is 3. The van der Waals surface area contributed by atoms with Gasteiger partial charge in [-0.1, -0.05) is 60.1 Å². The number of aryl methyl sites for hydroxylation is 1. The van der Waals surface area contributed by atoms with Crippen LogP contribution in [0.15, 0.2) is 72.8 Å². The quantitative estimate of drug-likeness (QED) is 0.279. The van der Waals surface area contributed by atoms with Crippen molar-refractivity contribution in [2.24, 2.45) is 11.8 Å². The predicted octanol–water partition coefficient (Wildman–Crippen LogP) is 4.09. The van der Waals surface area contributed by atoms with Crippen LogP contribution in [-0.4, -0.2) is 34.4 Å². The Morgan fingerprint density at radius 2 is 1.71 bits per heavy atom. The molecule has 5 rings (SSSR count). The predicted molar refractivity (Wildman–Crippen MR) is 140 cm³/mol. The number of imide groups is 1. The Morgan fingerprint density at radius 1 is 1.03 bits per heavy atom. The van der Waals surface area contributed by atoms with Gasteiger partial charge in [-0.05, 0) is 47.9 Å². The Balaban J connectivity index is 1.62. The molecule has 3 aromatic rings. The molecule has 0 bridgehead atoms. The van der Waals surface area contributed by atoms with Crippen LogP contribution in [0.5, 0.6) is 5.75 Å². The highest BCUT2D eigenvalue weighted by atomic mass is 35.5. The molecule has 0 aromatic heterocycles. The summed E-state index contributed by atoms with van der Waals surface area (Å²) in [7, 11) is 0. The number of ether oxygens (including phenoxy) is 1. The van der Waals surface area contributed by atoms with Crippen molar-refractivity contribution in [2.45, 2.75) is 31.8 Å². The van der Waals surface area contributed by atoms with Gasteiger partial charge >= 0.3 is 11.9 Å². The second kappa shape index (κ2) is 9.70. The van der Waals surface area contributed by atoms with E-state index in [0.717, 1.165) is 10.5 Å². The van der Waals surface area contributed by atoms with E-state index in [2.05, 4.69) is 5.32 Å². The number of carboxylic acid groups (broad SMARTS) is 1. The van der Waals surface area contributed by atoms with Crippen LogP contribution in [0.4, 0.5) is 5.69 Å². The molecule has 3 aromatic carbocycles. The fourth-order valence-electron chi connectivity index (χ4n) is 5.53. The number of rotatable bonds is 6. The lowest BCUT2D eigenvalue weighted by atomic mass is 9.76. The zero-order valence-electron chi connectivity index (χ0n) is 20.7. The first-order chi connectivity index (χ1) is 18.1. The van der Waals surface area contributed by atoms with Gasteiger partial charge in [-0.25, -0.2) is 4.90 Å². The number of aliphatic carboxylic acids is 1. The van der Waals surface area contributed by atoms with E-state index in [-0.39, 0.29) is 6.42 Å². The van der Waals surface area contributed by atoms with Crippen LogP contribution in [0.2, 0.25) is 5.02 Å². The number of hydrogen-bond donors (Lipinski definition) is 2. The van der Waals surface area contributed by atoms with E-state index in [0.29, 0.717) is 27.6 Å². The van der Waals surface area contributed by atoms with Gasteiger partial charge in [0.25, 0.3) is 0 Å². The van der Waals surface area contributed by atoms with Crippen LogP contribution >= 0.6 is 11.6 Å². The number of anilines is 1. The van der Waals surface area contributed by atoms with Gasteiger partial charge in [-0.2, -0.15) is 0 Å². The Morgan fingerprint density at radius 3 is 2.32 bits per heavy atom. The zero-order valence-corrected chi connectivity index (χ0v) is 21.4. The highest BCUT2D eigenvalue weighted by Gasteiger charge is 2.68. The molecule has 0 saturated carbocycles. The van der Waals surface area contributed by atoms with Crippen LogP contribution in [0.1, 0.15) is 29.7 Å². The molecule has 9 heteroatoms. The van der Waals surface area contributed by atoms with E-state index in [1.165, 1.54) is 6.92 Å². The molecule has 0 radical (unpaired) electrons. The topological polar surface area (TPSA) is 113 Å². The average Bonchev–Trinajstić information content (AvgIpc) is 3.36. The van der Waals surface area contributed by atoms with Gasteiger partial charge in [0.2, 0.25) is 11.8 Å². The van der Waals surface area contributed by atoms with Crippen molar-refractivity contribution >= 4 is 41.0 Å². The molecule has 38 heavy (non-hydrogen) atoms. The molecule has 4 unspecified atom stereocenters. The molecule has 2 aliphatic heterocycles. The van der Waals surface area contributed by atoms with Gasteiger partial charge in [0.05, 0.1) is 17.5 Å². The van der Waals surface area contributed by atoms with Crippen molar-refractivity contribution in [1.82, 2.24) is 5.32 Å². The maximum absolute atomic E-state index is 14.0. The molecule has 8 nitrogen and oxygen atoms in total. The molecule has 4 atom stereocenters. The zero-order chi connectivity index (χ0) is 27.2. The Hall–Kier alpha value is -4.01. The minimum Gasteiger partial charge on any atom is -0.480 e.